The van der Waals surface area contributed by atoms with Crippen molar-refractivity contribution in [1.82, 2.24) is 0 Å². The van der Waals surface area contributed by atoms with Gasteiger partial charge >= 0.3 is 0 Å². The molecule has 0 aliphatic heterocycles. The van der Waals surface area contributed by atoms with Crippen molar-refractivity contribution >= 4 is 40.5 Å². The summed E-state index contributed by atoms with van der Waals surface area (Å²) in [4.78, 5) is 0. The van der Waals surface area contributed by atoms with Gasteiger partial charge in [-0.25, -0.2) is 0 Å². The van der Waals surface area contributed by atoms with Crippen LogP contribution < -0.4 is 10.1 Å². The molecule has 0 fully saturated rings. The molecule has 0 spiro atoms. The van der Waals surface area contributed by atoms with Gasteiger partial charge in [-0.15, -0.1) is 0 Å². The van der Waals surface area contributed by atoms with Crippen molar-refractivity contribution in [3.63, 3.8) is 0 Å². The van der Waals surface area contributed by atoms with Crippen LogP contribution in [0.25, 0.3) is 0 Å². The second kappa shape index (κ2) is 6.90. The second-order valence-corrected chi connectivity index (χ2v) is 5.00. The Balaban J connectivity index is 1.84. The van der Waals surface area contributed by atoms with Crippen molar-refractivity contribution in [3.8, 4) is 5.75 Å². The third-order valence-electron chi connectivity index (χ3n) is 2.47. The predicted octanol–water partition coefficient (Wildman–Crippen LogP) is 5.14. The van der Waals surface area contributed by atoms with Crippen molar-refractivity contribution in [2.24, 2.45) is 0 Å². The van der Waals surface area contributed by atoms with Crippen LogP contribution in [0.15, 0.2) is 42.5 Å². The van der Waals surface area contributed by atoms with Gasteiger partial charge in [0.15, 0.2) is 0 Å². The van der Waals surface area contributed by atoms with E-state index in [2.05, 4.69) is 5.32 Å². The minimum absolute atomic E-state index is 0.432. The van der Waals surface area contributed by atoms with Crippen LogP contribution >= 0.6 is 34.8 Å². The standard InChI is InChI=1S/C14H12Cl3NO/c15-10-4-1-2-6-12(10)18-8-9-19-13-7-3-5-11(16)14(13)17/h1-7,18H,8-9H2. The van der Waals surface area contributed by atoms with Crippen LogP contribution in [0.1, 0.15) is 0 Å². The molecule has 5 heteroatoms. The Morgan fingerprint density at radius 1 is 0.895 bits per heavy atom. The molecule has 2 rings (SSSR count). The van der Waals surface area contributed by atoms with E-state index in [4.69, 9.17) is 39.5 Å². The lowest BCUT2D eigenvalue weighted by molar-refractivity contribution is 0.333. The number of hydrogen-bond donors (Lipinski definition) is 1. The van der Waals surface area contributed by atoms with Crippen molar-refractivity contribution in [1.29, 1.82) is 0 Å². The van der Waals surface area contributed by atoms with E-state index in [1.54, 1.807) is 18.2 Å². The van der Waals surface area contributed by atoms with Gasteiger partial charge in [-0.05, 0) is 24.3 Å². The SMILES string of the molecule is Clc1ccccc1NCCOc1cccc(Cl)c1Cl. The largest absolute Gasteiger partial charge is 0.490 e. The van der Waals surface area contributed by atoms with Crippen molar-refractivity contribution in [2.75, 3.05) is 18.5 Å². The number of ether oxygens (including phenoxy) is 1. The van der Waals surface area contributed by atoms with Gasteiger partial charge in [-0.3, -0.25) is 0 Å². The fourth-order valence-electron chi connectivity index (χ4n) is 1.55. The summed E-state index contributed by atoms with van der Waals surface area (Å²) in [7, 11) is 0. The first-order chi connectivity index (χ1) is 9.18. The van der Waals surface area contributed by atoms with Gasteiger partial charge in [0.1, 0.15) is 17.4 Å². The summed E-state index contributed by atoms with van der Waals surface area (Å²) in [6, 6.07) is 12.8. The van der Waals surface area contributed by atoms with E-state index in [-0.39, 0.29) is 0 Å². The maximum atomic E-state index is 6.02. The first-order valence-corrected chi connectivity index (χ1v) is 6.87. The average molecular weight is 317 g/mol. The minimum atomic E-state index is 0.432. The fourth-order valence-corrected chi connectivity index (χ4v) is 2.10. The zero-order chi connectivity index (χ0) is 13.7. The molecule has 0 bridgehead atoms. The van der Waals surface area contributed by atoms with Gasteiger partial charge in [-0.1, -0.05) is 53.0 Å². The Labute approximate surface area is 127 Å². The summed E-state index contributed by atoms with van der Waals surface area (Å²) >= 11 is 17.9. The quantitative estimate of drug-likeness (QED) is 0.771. The molecule has 2 nitrogen and oxygen atoms in total. The number of nitrogens with one attached hydrogen (secondary N) is 1. The monoisotopic (exact) mass is 315 g/mol. The predicted molar refractivity (Wildman–Crippen MR) is 81.9 cm³/mol. The molecule has 1 N–H and O–H groups in total. The van der Waals surface area contributed by atoms with Crippen molar-refractivity contribution < 1.29 is 4.74 Å². The van der Waals surface area contributed by atoms with E-state index >= 15 is 0 Å². The zero-order valence-electron chi connectivity index (χ0n) is 10.00. The molecule has 0 aliphatic carbocycles. The number of para-hydroxylation sites is 1. The Morgan fingerprint density at radius 2 is 1.63 bits per heavy atom. The van der Waals surface area contributed by atoms with Crippen molar-refractivity contribution in [2.45, 2.75) is 0 Å². The molecular weight excluding hydrogens is 305 g/mol. The number of anilines is 1. The highest BCUT2D eigenvalue weighted by atomic mass is 35.5. The average Bonchev–Trinajstić information content (AvgIpc) is 2.41. The molecule has 0 radical (unpaired) electrons. The van der Waals surface area contributed by atoms with Crippen LogP contribution in [-0.2, 0) is 0 Å². The lowest BCUT2D eigenvalue weighted by Gasteiger charge is -2.11. The lowest BCUT2D eigenvalue weighted by atomic mass is 10.3. The van der Waals surface area contributed by atoms with Gasteiger partial charge in [-0.2, -0.15) is 0 Å². The Morgan fingerprint density at radius 3 is 2.42 bits per heavy atom. The first kappa shape index (κ1) is 14.3. The van der Waals surface area contributed by atoms with Crippen LogP contribution in [0.3, 0.4) is 0 Å². The minimum Gasteiger partial charge on any atom is -0.490 e. The zero-order valence-corrected chi connectivity index (χ0v) is 12.3. The van der Waals surface area contributed by atoms with E-state index in [1.165, 1.54) is 0 Å². The summed E-state index contributed by atoms with van der Waals surface area (Å²) in [5.41, 5.74) is 0.880. The highest BCUT2D eigenvalue weighted by molar-refractivity contribution is 6.42. The molecular formula is C14H12Cl3NO. The molecule has 0 saturated heterocycles. The Bertz CT molecular complexity index is 560. The molecule has 0 amide bonds. The van der Waals surface area contributed by atoms with Gasteiger partial charge in [0.25, 0.3) is 0 Å². The molecule has 2 aromatic carbocycles. The molecule has 100 valence electrons. The van der Waals surface area contributed by atoms with Crippen LogP contribution in [0.2, 0.25) is 15.1 Å². The van der Waals surface area contributed by atoms with Crippen LogP contribution in [0.5, 0.6) is 5.75 Å². The maximum absolute atomic E-state index is 6.02. The van der Waals surface area contributed by atoms with E-state index in [9.17, 15) is 0 Å². The van der Waals surface area contributed by atoms with Crippen LogP contribution in [-0.4, -0.2) is 13.2 Å². The number of halogens is 3. The first-order valence-electron chi connectivity index (χ1n) is 5.73. The molecule has 0 aromatic heterocycles. The number of rotatable bonds is 5. The molecule has 0 aliphatic rings. The van der Waals surface area contributed by atoms with E-state index in [0.717, 1.165) is 5.69 Å². The highest BCUT2D eigenvalue weighted by Gasteiger charge is 2.05. The van der Waals surface area contributed by atoms with Crippen molar-refractivity contribution in [3.05, 3.63) is 57.5 Å². The highest BCUT2D eigenvalue weighted by Crippen LogP contribution is 2.31. The molecule has 0 atom stereocenters. The summed E-state index contributed by atoms with van der Waals surface area (Å²) in [5.74, 6) is 0.579. The van der Waals surface area contributed by atoms with Gasteiger partial charge in [0.05, 0.1) is 15.7 Å². The van der Waals surface area contributed by atoms with Crippen LogP contribution in [0.4, 0.5) is 5.69 Å². The topological polar surface area (TPSA) is 21.3 Å². The second-order valence-electron chi connectivity index (χ2n) is 3.81. The smallest absolute Gasteiger partial charge is 0.139 e. The third kappa shape index (κ3) is 3.93. The van der Waals surface area contributed by atoms with Crippen LogP contribution in [0, 0.1) is 0 Å². The summed E-state index contributed by atoms with van der Waals surface area (Å²) < 4.78 is 5.56. The molecule has 0 saturated carbocycles. The van der Waals surface area contributed by atoms with E-state index < -0.39 is 0 Å². The normalized spacial score (nSPS) is 10.3. The van der Waals surface area contributed by atoms with E-state index in [1.807, 2.05) is 24.3 Å². The molecule has 0 unspecified atom stereocenters. The summed E-state index contributed by atoms with van der Waals surface area (Å²) in [6.07, 6.45) is 0. The number of benzene rings is 2. The fraction of sp³-hybridized carbons (Fsp3) is 0.143. The third-order valence-corrected chi connectivity index (χ3v) is 3.60. The number of hydrogen-bond acceptors (Lipinski definition) is 2. The van der Waals surface area contributed by atoms with Gasteiger partial charge < -0.3 is 10.1 Å². The molecule has 19 heavy (non-hydrogen) atoms. The lowest BCUT2D eigenvalue weighted by Crippen LogP contribution is -2.11. The van der Waals surface area contributed by atoms with E-state index in [0.29, 0.717) is 34.0 Å². The molecule has 2 aromatic rings. The summed E-state index contributed by atoms with van der Waals surface area (Å²) in [5, 5.41) is 4.78. The molecule has 0 heterocycles. The Hall–Kier alpha value is -1.09. The van der Waals surface area contributed by atoms with Gasteiger partial charge in [0, 0.05) is 6.54 Å². The maximum Gasteiger partial charge on any atom is 0.139 e. The van der Waals surface area contributed by atoms with Gasteiger partial charge in [0.2, 0.25) is 0 Å². The Kier molecular flexibility index (Phi) is 5.20. The summed E-state index contributed by atoms with van der Waals surface area (Å²) in [6.45, 7) is 1.08.